The number of hydrogen-bond acceptors (Lipinski definition) is 6. The smallest absolute Gasteiger partial charge is 0.534 e. The van der Waals surface area contributed by atoms with Gasteiger partial charge in [-0.15, -0.1) is 0 Å². The van der Waals surface area contributed by atoms with Crippen molar-refractivity contribution in [2.45, 2.75) is 56.5 Å². The van der Waals surface area contributed by atoms with E-state index in [1.54, 1.807) is 12.1 Å². The third-order valence-corrected chi connectivity index (χ3v) is 6.44. The second-order valence-electron chi connectivity index (χ2n) is 8.58. The van der Waals surface area contributed by atoms with Gasteiger partial charge in [0.15, 0.2) is 0 Å². The second kappa shape index (κ2) is 8.34. The van der Waals surface area contributed by atoms with Gasteiger partial charge in [-0.1, -0.05) is 12.1 Å². The van der Waals surface area contributed by atoms with E-state index in [9.17, 15) is 19.7 Å². The van der Waals surface area contributed by atoms with Gasteiger partial charge in [-0.05, 0) is 49.7 Å². The van der Waals surface area contributed by atoms with E-state index in [0.717, 1.165) is 38.8 Å². The van der Waals surface area contributed by atoms with Gasteiger partial charge >= 0.3 is 13.1 Å². The summed E-state index contributed by atoms with van der Waals surface area (Å²) in [6.07, 6.45) is 5.04. The molecular formula is C20H28BN3O5. The first-order valence-corrected chi connectivity index (χ1v) is 10.4. The van der Waals surface area contributed by atoms with Crippen molar-refractivity contribution in [3.63, 3.8) is 0 Å². The van der Waals surface area contributed by atoms with Gasteiger partial charge in [0, 0.05) is 31.6 Å². The molecule has 1 saturated heterocycles. The number of carbonyl (C=O) groups excluding carboxylic acids is 1. The van der Waals surface area contributed by atoms with Crippen LogP contribution < -0.4 is 15.7 Å². The molecule has 1 aromatic rings. The molecular weight excluding hydrogens is 373 g/mol. The fourth-order valence-corrected chi connectivity index (χ4v) is 4.81. The van der Waals surface area contributed by atoms with E-state index in [-0.39, 0.29) is 17.2 Å². The number of carboxylic acid groups (broad SMARTS) is 1. The van der Waals surface area contributed by atoms with Crippen molar-refractivity contribution in [1.29, 1.82) is 0 Å². The summed E-state index contributed by atoms with van der Waals surface area (Å²) in [5.41, 5.74) is 6.56. The Kier molecular flexibility index (Phi) is 5.80. The number of nitrogens with two attached hydrogens (primary N) is 1. The zero-order chi connectivity index (χ0) is 20.5. The van der Waals surface area contributed by atoms with Gasteiger partial charge in [-0.3, -0.25) is 9.69 Å². The van der Waals surface area contributed by atoms with Crippen LogP contribution in [0, 0.1) is 5.92 Å². The number of likely N-dealkylation sites (tertiary alicyclic amines) is 1. The second-order valence-corrected chi connectivity index (χ2v) is 8.58. The van der Waals surface area contributed by atoms with Gasteiger partial charge in [0.25, 0.3) is 0 Å². The number of carbonyl (C=O) groups is 2. The first-order chi connectivity index (χ1) is 13.9. The van der Waals surface area contributed by atoms with Crippen molar-refractivity contribution in [2.24, 2.45) is 11.7 Å². The normalized spacial score (nSPS) is 27.5. The van der Waals surface area contributed by atoms with E-state index in [4.69, 9.17) is 10.4 Å². The third-order valence-electron chi connectivity index (χ3n) is 6.44. The van der Waals surface area contributed by atoms with Crippen LogP contribution >= 0.6 is 0 Å². The minimum atomic E-state index is -1.27. The Hall–Kier alpha value is -2.10. The summed E-state index contributed by atoms with van der Waals surface area (Å²) in [6, 6.07) is 5.76. The molecule has 8 nitrogen and oxygen atoms in total. The molecule has 9 heteroatoms. The average molecular weight is 401 g/mol. The van der Waals surface area contributed by atoms with Crippen LogP contribution in [0.4, 0.5) is 0 Å². The summed E-state index contributed by atoms with van der Waals surface area (Å²) >= 11 is 0. The molecule has 2 heterocycles. The van der Waals surface area contributed by atoms with Gasteiger partial charge in [0.05, 0.1) is 11.5 Å². The van der Waals surface area contributed by atoms with Gasteiger partial charge < -0.3 is 25.8 Å². The highest BCUT2D eigenvalue weighted by Crippen LogP contribution is 2.32. The number of rotatable bonds is 5. The van der Waals surface area contributed by atoms with E-state index < -0.39 is 19.0 Å². The zero-order valence-electron chi connectivity index (χ0n) is 16.4. The van der Waals surface area contributed by atoms with E-state index in [0.29, 0.717) is 36.4 Å². The predicted molar refractivity (Wildman–Crippen MR) is 108 cm³/mol. The molecule has 4 rings (SSSR count). The molecule has 2 aliphatic heterocycles. The lowest BCUT2D eigenvalue weighted by Crippen LogP contribution is -2.59. The fraction of sp³-hybridized carbons (Fsp3) is 0.600. The molecule has 1 aromatic carbocycles. The predicted octanol–water partition coefficient (Wildman–Crippen LogP) is 0.416. The van der Waals surface area contributed by atoms with Gasteiger partial charge in [0.1, 0.15) is 5.75 Å². The number of fused-ring (bicyclic) bond motifs is 1. The Balaban J connectivity index is 1.28. The van der Waals surface area contributed by atoms with E-state index in [2.05, 4.69) is 10.2 Å². The van der Waals surface area contributed by atoms with Gasteiger partial charge in [0.2, 0.25) is 5.91 Å². The topological polar surface area (TPSA) is 125 Å². The molecule has 1 saturated carbocycles. The maximum absolute atomic E-state index is 12.5. The molecule has 29 heavy (non-hydrogen) atoms. The minimum Gasteiger partial charge on any atom is -0.534 e. The Morgan fingerprint density at radius 1 is 1.24 bits per heavy atom. The highest BCUT2D eigenvalue weighted by Gasteiger charge is 2.38. The number of nitrogens with zero attached hydrogens (tertiary/aromatic N) is 1. The van der Waals surface area contributed by atoms with Crippen LogP contribution in [-0.2, 0) is 11.2 Å². The summed E-state index contributed by atoms with van der Waals surface area (Å²) in [7, 11) is -1.27. The molecule has 2 fully saturated rings. The van der Waals surface area contributed by atoms with Crippen LogP contribution in [0.25, 0.3) is 0 Å². The van der Waals surface area contributed by atoms with E-state index in [1.807, 2.05) is 0 Å². The third kappa shape index (κ3) is 4.41. The lowest BCUT2D eigenvalue weighted by Gasteiger charge is -2.45. The summed E-state index contributed by atoms with van der Waals surface area (Å²) in [4.78, 5) is 26.3. The molecule has 0 bridgehead atoms. The quantitative estimate of drug-likeness (QED) is 0.527. The van der Waals surface area contributed by atoms with Crippen molar-refractivity contribution >= 4 is 19.0 Å². The summed E-state index contributed by atoms with van der Waals surface area (Å²) in [5, 5.41) is 22.4. The standard InChI is InChI=1S/C20H28BN3O5/c22-14-10-24(11-14)15-6-4-12(5-7-15)8-18(25)23-17-9-13-2-1-3-16(20(26)27)19(13)29-21(17)28/h1-3,12,14-15,17,28H,4-11,22H2,(H,23,25)(H,26,27)/t12?,15?,17-/m0/s1. The van der Waals surface area contributed by atoms with Crippen LogP contribution in [0.15, 0.2) is 18.2 Å². The van der Waals surface area contributed by atoms with E-state index in [1.165, 1.54) is 6.07 Å². The molecule has 1 aliphatic carbocycles. The first-order valence-electron chi connectivity index (χ1n) is 10.4. The Morgan fingerprint density at radius 2 is 1.97 bits per heavy atom. The maximum atomic E-state index is 12.5. The maximum Gasteiger partial charge on any atom is 0.547 e. The lowest BCUT2D eigenvalue weighted by molar-refractivity contribution is -0.122. The number of amides is 1. The van der Waals surface area contributed by atoms with Crippen molar-refractivity contribution < 1.29 is 24.4 Å². The number of para-hydroxylation sites is 1. The number of hydrogen-bond donors (Lipinski definition) is 4. The molecule has 5 N–H and O–H groups in total. The van der Waals surface area contributed by atoms with Crippen molar-refractivity contribution in [3.05, 3.63) is 29.3 Å². The monoisotopic (exact) mass is 401 g/mol. The molecule has 0 radical (unpaired) electrons. The van der Waals surface area contributed by atoms with Crippen LogP contribution in [-0.4, -0.2) is 65.1 Å². The van der Waals surface area contributed by atoms with Crippen LogP contribution in [0.2, 0.25) is 0 Å². The number of carboxylic acids is 1. The number of nitrogens with one attached hydrogen (secondary N) is 1. The van der Waals surface area contributed by atoms with Crippen molar-refractivity contribution in [1.82, 2.24) is 10.2 Å². The zero-order valence-corrected chi connectivity index (χ0v) is 16.4. The molecule has 1 amide bonds. The molecule has 0 aromatic heterocycles. The lowest BCUT2D eigenvalue weighted by atomic mass is 9.72. The van der Waals surface area contributed by atoms with E-state index >= 15 is 0 Å². The highest BCUT2D eigenvalue weighted by molar-refractivity contribution is 6.47. The Bertz CT molecular complexity index is 777. The molecule has 0 unspecified atom stereocenters. The van der Waals surface area contributed by atoms with Crippen molar-refractivity contribution in [3.8, 4) is 5.75 Å². The molecule has 3 aliphatic rings. The largest absolute Gasteiger partial charge is 0.547 e. The van der Waals surface area contributed by atoms with Gasteiger partial charge in [-0.25, -0.2) is 4.79 Å². The average Bonchev–Trinajstić information content (AvgIpc) is 2.66. The van der Waals surface area contributed by atoms with Crippen LogP contribution in [0.3, 0.4) is 0 Å². The summed E-state index contributed by atoms with van der Waals surface area (Å²) in [6.45, 7) is 1.97. The van der Waals surface area contributed by atoms with Gasteiger partial charge in [-0.2, -0.15) is 0 Å². The summed E-state index contributed by atoms with van der Waals surface area (Å²) in [5.74, 6) is -1.24. The summed E-state index contributed by atoms with van der Waals surface area (Å²) < 4.78 is 5.44. The fourth-order valence-electron chi connectivity index (χ4n) is 4.81. The molecule has 156 valence electrons. The highest BCUT2D eigenvalue weighted by atomic mass is 16.5. The van der Waals surface area contributed by atoms with Crippen LogP contribution in [0.1, 0.15) is 48.0 Å². The van der Waals surface area contributed by atoms with Crippen LogP contribution in [0.5, 0.6) is 5.75 Å². The Labute approximate surface area is 170 Å². The molecule has 0 spiro atoms. The number of aromatic carboxylic acids is 1. The molecule has 1 atom stereocenters. The van der Waals surface area contributed by atoms with Crippen molar-refractivity contribution in [2.75, 3.05) is 13.1 Å². The Morgan fingerprint density at radius 3 is 2.62 bits per heavy atom. The number of benzene rings is 1. The first kappa shape index (κ1) is 20.2. The minimum absolute atomic E-state index is 0.0197. The SMILES string of the molecule is NC1CN(C2CCC(CC(=O)N[C@H]3Cc4cccc(C(=O)O)c4OB3O)CC2)C1.